The van der Waals surface area contributed by atoms with Crippen LogP contribution in [0.4, 0.5) is 0 Å². The van der Waals surface area contributed by atoms with Crippen molar-refractivity contribution in [1.82, 2.24) is 9.80 Å². The van der Waals surface area contributed by atoms with E-state index in [2.05, 4.69) is 20.4 Å². The Labute approximate surface area is 120 Å². The number of allylic oxidation sites excluding steroid dienone is 2. The number of rotatable bonds is 6. The minimum absolute atomic E-state index is 0.0639. The van der Waals surface area contributed by atoms with Gasteiger partial charge < -0.3 is 9.80 Å². The van der Waals surface area contributed by atoms with Gasteiger partial charge in [-0.2, -0.15) is 0 Å². The normalized spacial score (nSPS) is 10.1. The molecule has 0 radical (unpaired) electrons. The van der Waals surface area contributed by atoms with Crippen molar-refractivity contribution in [3.05, 3.63) is 24.4 Å². The van der Waals surface area contributed by atoms with Gasteiger partial charge in [-0.05, 0) is 13.0 Å². The van der Waals surface area contributed by atoms with Crippen LogP contribution in [0.3, 0.4) is 0 Å². The molecule has 0 aromatic carbocycles. The van der Waals surface area contributed by atoms with Gasteiger partial charge in [0.05, 0.1) is 0 Å². The van der Waals surface area contributed by atoms with Crippen molar-refractivity contribution in [2.75, 3.05) is 27.2 Å². The molecular formula is C16H32N2O. The largest absolute Gasteiger partial charge is 0.373 e. The van der Waals surface area contributed by atoms with Gasteiger partial charge in [0.2, 0.25) is 5.91 Å². The summed E-state index contributed by atoms with van der Waals surface area (Å²) in [5.74, 6) is 0.249. The standard InChI is InChI=1S/C13H24N2O.C3H8/c1-7-8-12(4)14(5)9-10-15(6)13(16)11(2)3;1-3-2/h7-8,11H,4,9-10H2,1-3,5-6H3;3H2,1-2H3/b8-7-;. The van der Waals surface area contributed by atoms with Crippen LogP contribution in [0.25, 0.3) is 0 Å². The molecule has 3 nitrogen and oxygen atoms in total. The zero-order chi connectivity index (χ0) is 15.4. The molecule has 0 N–H and O–H groups in total. The Kier molecular flexibility index (Phi) is 12.5. The Balaban J connectivity index is 0. The average Bonchev–Trinajstić information content (AvgIpc) is 2.35. The highest BCUT2D eigenvalue weighted by atomic mass is 16.2. The summed E-state index contributed by atoms with van der Waals surface area (Å²) in [6.45, 7) is 15.5. The van der Waals surface area contributed by atoms with Gasteiger partial charge in [0.1, 0.15) is 0 Å². The summed E-state index contributed by atoms with van der Waals surface area (Å²) in [5.41, 5.74) is 0.966. The maximum Gasteiger partial charge on any atom is 0.224 e. The van der Waals surface area contributed by atoms with Gasteiger partial charge >= 0.3 is 0 Å². The second-order valence-corrected chi connectivity index (χ2v) is 5.03. The Morgan fingerprint density at radius 1 is 1.16 bits per heavy atom. The van der Waals surface area contributed by atoms with Gasteiger partial charge in [0.25, 0.3) is 0 Å². The summed E-state index contributed by atoms with van der Waals surface area (Å²) in [6.07, 6.45) is 5.17. The van der Waals surface area contributed by atoms with Crippen molar-refractivity contribution in [1.29, 1.82) is 0 Å². The maximum atomic E-state index is 11.6. The van der Waals surface area contributed by atoms with Gasteiger partial charge in [-0.1, -0.05) is 46.8 Å². The molecule has 112 valence electrons. The van der Waals surface area contributed by atoms with Crippen molar-refractivity contribution < 1.29 is 4.79 Å². The monoisotopic (exact) mass is 268 g/mol. The molecule has 0 heterocycles. The summed E-state index contributed by atoms with van der Waals surface area (Å²) in [4.78, 5) is 15.4. The number of likely N-dealkylation sites (N-methyl/N-ethyl adjacent to an activating group) is 2. The number of carbonyl (C=O) groups excluding carboxylic acids is 1. The number of hydrogen-bond acceptors (Lipinski definition) is 2. The first-order valence-corrected chi connectivity index (χ1v) is 7.09. The zero-order valence-electron chi connectivity index (χ0n) is 13.9. The highest BCUT2D eigenvalue weighted by Gasteiger charge is 2.12. The molecule has 19 heavy (non-hydrogen) atoms. The van der Waals surface area contributed by atoms with E-state index in [1.54, 1.807) is 4.90 Å². The Bertz CT molecular complexity index is 282. The highest BCUT2D eigenvalue weighted by molar-refractivity contribution is 5.77. The minimum atomic E-state index is 0.0639. The first-order chi connectivity index (χ1) is 8.81. The number of amides is 1. The molecule has 0 aromatic rings. The molecule has 0 aromatic heterocycles. The van der Waals surface area contributed by atoms with Gasteiger partial charge in [-0.25, -0.2) is 0 Å². The van der Waals surface area contributed by atoms with Crippen LogP contribution in [0.2, 0.25) is 0 Å². The maximum absolute atomic E-state index is 11.6. The molecule has 0 unspecified atom stereocenters. The lowest BCUT2D eigenvalue weighted by atomic mass is 10.2. The van der Waals surface area contributed by atoms with Gasteiger partial charge in [0.15, 0.2) is 0 Å². The third-order valence-electron chi connectivity index (χ3n) is 2.49. The Morgan fingerprint density at radius 3 is 1.95 bits per heavy atom. The fraction of sp³-hybridized carbons (Fsp3) is 0.688. The van der Waals surface area contributed by atoms with Gasteiger partial charge in [-0.15, -0.1) is 0 Å². The third kappa shape index (κ3) is 10.4. The predicted molar refractivity (Wildman–Crippen MR) is 85.0 cm³/mol. The molecule has 0 aliphatic carbocycles. The van der Waals surface area contributed by atoms with E-state index in [0.29, 0.717) is 0 Å². The van der Waals surface area contributed by atoms with Crippen molar-refractivity contribution >= 4 is 5.91 Å². The van der Waals surface area contributed by atoms with Crippen LogP contribution in [-0.4, -0.2) is 42.9 Å². The van der Waals surface area contributed by atoms with Crippen LogP contribution >= 0.6 is 0 Å². The molecule has 0 aliphatic heterocycles. The number of nitrogens with zero attached hydrogens (tertiary/aromatic N) is 2. The van der Waals surface area contributed by atoms with E-state index in [9.17, 15) is 4.79 Å². The zero-order valence-corrected chi connectivity index (χ0v) is 13.9. The second-order valence-electron chi connectivity index (χ2n) is 5.03. The van der Waals surface area contributed by atoms with Crippen LogP contribution < -0.4 is 0 Å². The third-order valence-corrected chi connectivity index (χ3v) is 2.49. The molecule has 3 heteroatoms. The average molecular weight is 268 g/mol. The second kappa shape index (κ2) is 11.8. The first-order valence-electron chi connectivity index (χ1n) is 7.09. The quantitative estimate of drug-likeness (QED) is 0.688. The topological polar surface area (TPSA) is 23.6 Å². The predicted octanol–water partition coefficient (Wildman–Crippen LogP) is 3.54. The van der Waals surface area contributed by atoms with Crippen molar-refractivity contribution in [3.63, 3.8) is 0 Å². The van der Waals surface area contributed by atoms with E-state index in [1.807, 2.05) is 51.9 Å². The summed E-state index contributed by atoms with van der Waals surface area (Å²) in [7, 11) is 3.82. The van der Waals surface area contributed by atoms with Gasteiger partial charge in [-0.3, -0.25) is 4.79 Å². The molecule has 1 amide bonds. The Morgan fingerprint density at radius 2 is 1.58 bits per heavy atom. The van der Waals surface area contributed by atoms with Crippen molar-refractivity contribution in [2.24, 2.45) is 5.92 Å². The number of carbonyl (C=O) groups is 1. The molecular weight excluding hydrogens is 236 g/mol. The fourth-order valence-corrected chi connectivity index (χ4v) is 1.31. The molecule has 0 saturated carbocycles. The molecule has 0 saturated heterocycles. The van der Waals surface area contributed by atoms with E-state index < -0.39 is 0 Å². The van der Waals surface area contributed by atoms with E-state index in [4.69, 9.17) is 0 Å². The lowest BCUT2D eigenvalue weighted by molar-refractivity contribution is -0.133. The summed E-state index contributed by atoms with van der Waals surface area (Å²) >= 11 is 0. The first kappa shape index (κ1) is 20.1. The minimum Gasteiger partial charge on any atom is -0.373 e. The molecule has 0 aliphatic rings. The van der Waals surface area contributed by atoms with Crippen LogP contribution in [0, 0.1) is 5.92 Å². The van der Waals surface area contributed by atoms with Crippen LogP contribution in [0.1, 0.15) is 41.0 Å². The van der Waals surface area contributed by atoms with Crippen LogP contribution in [0.15, 0.2) is 24.4 Å². The lowest BCUT2D eigenvalue weighted by Gasteiger charge is -2.25. The molecule has 0 fully saturated rings. The smallest absolute Gasteiger partial charge is 0.224 e. The molecule has 0 spiro atoms. The highest BCUT2D eigenvalue weighted by Crippen LogP contribution is 2.02. The summed E-state index contributed by atoms with van der Waals surface area (Å²) in [5, 5.41) is 0. The fourth-order valence-electron chi connectivity index (χ4n) is 1.31. The molecule has 0 atom stereocenters. The van der Waals surface area contributed by atoms with Crippen molar-refractivity contribution in [3.8, 4) is 0 Å². The van der Waals surface area contributed by atoms with E-state index in [-0.39, 0.29) is 11.8 Å². The van der Waals surface area contributed by atoms with Crippen LogP contribution in [-0.2, 0) is 4.79 Å². The van der Waals surface area contributed by atoms with E-state index >= 15 is 0 Å². The van der Waals surface area contributed by atoms with E-state index in [0.717, 1.165) is 18.8 Å². The van der Waals surface area contributed by atoms with Gasteiger partial charge in [0, 0.05) is 38.8 Å². The van der Waals surface area contributed by atoms with Crippen molar-refractivity contribution in [2.45, 2.75) is 41.0 Å². The Hall–Kier alpha value is -1.25. The number of hydrogen-bond donors (Lipinski definition) is 0. The molecule has 0 bridgehead atoms. The lowest BCUT2D eigenvalue weighted by Crippen LogP contribution is -2.36. The summed E-state index contributed by atoms with van der Waals surface area (Å²) in [6, 6.07) is 0. The summed E-state index contributed by atoms with van der Waals surface area (Å²) < 4.78 is 0. The van der Waals surface area contributed by atoms with Crippen LogP contribution in [0.5, 0.6) is 0 Å². The van der Waals surface area contributed by atoms with E-state index in [1.165, 1.54) is 6.42 Å². The molecule has 0 rings (SSSR count). The SMILES string of the molecule is C=C(/C=C\C)N(C)CCN(C)C(=O)C(C)C.CCC.